The minimum atomic E-state index is 0. The molecule has 0 aromatic heterocycles. The highest BCUT2D eigenvalue weighted by Gasteiger charge is 2.05. The van der Waals surface area contributed by atoms with Crippen molar-refractivity contribution in [2.75, 3.05) is 12.4 Å². The number of quaternary nitrogens is 1. The van der Waals surface area contributed by atoms with Gasteiger partial charge in [0.15, 0.2) is 0 Å². The van der Waals surface area contributed by atoms with Crippen molar-refractivity contribution in [3.63, 3.8) is 0 Å². The zero-order valence-electron chi connectivity index (χ0n) is 7.71. The second-order valence-corrected chi connectivity index (χ2v) is 3.29. The fourth-order valence-electron chi connectivity index (χ4n) is 1.21. The number of halogens is 2. The Morgan fingerprint density at radius 1 is 1.31 bits per heavy atom. The van der Waals surface area contributed by atoms with Crippen LogP contribution in [0, 0.1) is 0 Å². The Morgan fingerprint density at radius 2 is 1.92 bits per heavy atom. The maximum Gasteiger partial charge on any atom is 0.109 e. The fourth-order valence-corrected chi connectivity index (χ4v) is 1.33. The quantitative estimate of drug-likeness (QED) is 0.598. The molecule has 0 bridgehead atoms. The van der Waals surface area contributed by atoms with Gasteiger partial charge in [-0.25, -0.2) is 0 Å². The van der Waals surface area contributed by atoms with E-state index in [0.29, 0.717) is 6.04 Å². The molecule has 1 aromatic carbocycles. The second kappa shape index (κ2) is 7.19. The van der Waals surface area contributed by atoms with Gasteiger partial charge in [-0.1, -0.05) is 30.3 Å². The SMILES string of the molecule is C[C@@H]([NH2+]CCCl)c1ccccc1.[Cl-]. The van der Waals surface area contributed by atoms with Crippen LogP contribution in [-0.2, 0) is 0 Å². The predicted octanol–water partition coefficient (Wildman–Crippen LogP) is -1.45. The smallest absolute Gasteiger partial charge is 0.109 e. The molecule has 0 spiro atoms. The van der Waals surface area contributed by atoms with Crippen LogP contribution in [0.25, 0.3) is 0 Å². The molecular formula is C10H15Cl2N. The molecule has 13 heavy (non-hydrogen) atoms. The molecule has 0 aliphatic heterocycles. The Kier molecular flexibility index (Phi) is 7.06. The maximum atomic E-state index is 5.60. The maximum absolute atomic E-state index is 5.60. The third-order valence-corrected chi connectivity index (χ3v) is 2.17. The normalized spacial score (nSPS) is 11.8. The molecule has 1 rings (SSSR count). The van der Waals surface area contributed by atoms with Crippen LogP contribution in [0.1, 0.15) is 18.5 Å². The van der Waals surface area contributed by atoms with Crippen LogP contribution in [-0.4, -0.2) is 12.4 Å². The lowest BCUT2D eigenvalue weighted by atomic mass is 10.1. The molecule has 0 aliphatic carbocycles. The molecule has 0 fully saturated rings. The first-order valence-electron chi connectivity index (χ1n) is 4.29. The average Bonchev–Trinajstić information content (AvgIpc) is 2.15. The fraction of sp³-hybridized carbons (Fsp3) is 0.400. The van der Waals surface area contributed by atoms with E-state index in [9.17, 15) is 0 Å². The summed E-state index contributed by atoms with van der Waals surface area (Å²) in [7, 11) is 0. The van der Waals surface area contributed by atoms with Gasteiger partial charge in [-0.2, -0.15) is 0 Å². The van der Waals surface area contributed by atoms with Crippen molar-refractivity contribution < 1.29 is 17.7 Å². The molecule has 0 saturated heterocycles. The summed E-state index contributed by atoms with van der Waals surface area (Å²) < 4.78 is 0. The Hall–Kier alpha value is -0.240. The topological polar surface area (TPSA) is 16.6 Å². The third kappa shape index (κ3) is 4.51. The first kappa shape index (κ1) is 12.8. The molecule has 74 valence electrons. The third-order valence-electron chi connectivity index (χ3n) is 1.95. The monoisotopic (exact) mass is 219 g/mol. The van der Waals surface area contributed by atoms with Crippen LogP contribution < -0.4 is 17.7 Å². The van der Waals surface area contributed by atoms with Crippen molar-refractivity contribution in [3.8, 4) is 0 Å². The standard InChI is InChI=1S/C10H14ClN.ClH/c1-9(12-8-7-11)10-5-3-2-4-6-10;/h2-6,9,12H,7-8H2,1H3;1H/t9-;/m1./s1. The summed E-state index contributed by atoms with van der Waals surface area (Å²) in [6.07, 6.45) is 0. The Morgan fingerprint density at radius 3 is 2.46 bits per heavy atom. The summed E-state index contributed by atoms with van der Waals surface area (Å²) >= 11 is 5.60. The van der Waals surface area contributed by atoms with E-state index in [1.807, 2.05) is 6.07 Å². The van der Waals surface area contributed by atoms with Crippen molar-refractivity contribution in [2.45, 2.75) is 13.0 Å². The van der Waals surface area contributed by atoms with Crippen LogP contribution in [0.2, 0.25) is 0 Å². The summed E-state index contributed by atoms with van der Waals surface area (Å²) in [4.78, 5) is 0. The molecular weight excluding hydrogens is 205 g/mol. The largest absolute Gasteiger partial charge is 1.00 e. The Labute approximate surface area is 90.9 Å². The molecule has 0 radical (unpaired) electrons. The van der Waals surface area contributed by atoms with Gasteiger partial charge in [0, 0.05) is 5.56 Å². The predicted molar refractivity (Wildman–Crippen MR) is 52.4 cm³/mol. The number of benzene rings is 1. The van der Waals surface area contributed by atoms with E-state index in [-0.39, 0.29) is 12.4 Å². The summed E-state index contributed by atoms with van der Waals surface area (Å²) in [5, 5.41) is 2.25. The number of hydrogen-bond donors (Lipinski definition) is 1. The highest BCUT2D eigenvalue weighted by atomic mass is 35.5. The number of rotatable bonds is 4. The van der Waals surface area contributed by atoms with E-state index in [0.717, 1.165) is 12.4 Å². The van der Waals surface area contributed by atoms with Crippen LogP contribution in [0.3, 0.4) is 0 Å². The summed E-state index contributed by atoms with van der Waals surface area (Å²) in [6.45, 7) is 3.18. The lowest BCUT2D eigenvalue weighted by Crippen LogP contribution is -3.00. The van der Waals surface area contributed by atoms with Crippen LogP contribution >= 0.6 is 11.6 Å². The second-order valence-electron chi connectivity index (χ2n) is 2.91. The Bertz CT molecular complexity index is 213. The minimum Gasteiger partial charge on any atom is -1.00 e. The highest BCUT2D eigenvalue weighted by molar-refractivity contribution is 6.17. The van der Waals surface area contributed by atoms with E-state index in [2.05, 4.69) is 36.5 Å². The summed E-state index contributed by atoms with van der Waals surface area (Å²) in [6, 6.07) is 11.0. The Balaban J connectivity index is 0.00000144. The number of nitrogens with two attached hydrogens (primary N) is 1. The molecule has 0 unspecified atom stereocenters. The van der Waals surface area contributed by atoms with E-state index in [1.165, 1.54) is 5.56 Å². The zero-order chi connectivity index (χ0) is 8.81. The molecule has 2 N–H and O–H groups in total. The molecule has 0 amide bonds. The molecule has 3 heteroatoms. The number of alkyl halides is 1. The molecule has 0 saturated carbocycles. The van der Waals surface area contributed by atoms with Gasteiger partial charge in [-0.3, -0.25) is 0 Å². The van der Waals surface area contributed by atoms with Gasteiger partial charge in [0.05, 0.1) is 12.4 Å². The van der Waals surface area contributed by atoms with Crippen molar-refractivity contribution in [1.82, 2.24) is 0 Å². The summed E-state index contributed by atoms with van der Waals surface area (Å²) in [5.74, 6) is 0.719. The van der Waals surface area contributed by atoms with Crippen molar-refractivity contribution in [1.29, 1.82) is 0 Å². The number of hydrogen-bond acceptors (Lipinski definition) is 0. The first-order chi connectivity index (χ1) is 5.84. The van der Waals surface area contributed by atoms with Gasteiger partial charge in [0.25, 0.3) is 0 Å². The van der Waals surface area contributed by atoms with Crippen LogP contribution in [0.15, 0.2) is 30.3 Å². The lowest BCUT2D eigenvalue weighted by molar-refractivity contribution is -0.689. The van der Waals surface area contributed by atoms with Crippen molar-refractivity contribution in [3.05, 3.63) is 35.9 Å². The molecule has 1 atom stereocenters. The minimum absolute atomic E-state index is 0. The van der Waals surface area contributed by atoms with Gasteiger partial charge >= 0.3 is 0 Å². The zero-order valence-corrected chi connectivity index (χ0v) is 9.22. The van der Waals surface area contributed by atoms with Gasteiger partial charge in [0.1, 0.15) is 6.04 Å². The average molecular weight is 220 g/mol. The molecule has 1 aromatic rings. The van der Waals surface area contributed by atoms with Gasteiger partial charge in [0.2, 0.25) is 0 Å². The van der Waals surface area contributed by atoms with Gasteiger partial charge in [-0.05, 0) is 6.92 Å². The highest BCUT2D eigenvalue weighted by Crippen LogP contribution is 2.05. The van der Waals surface area contributed by atoms with E-state index < -0.39 is 0 Å². The van der Waals surface area contributed by atoms with E-state index >= 15 is 0 Å². The molecule has 0 heterocycles. The van der Waals surface area contributed by atoms with Crippen molar-refractivity contribution in [2.24, 2.45) is 0 Å². The molecule has 0 aliphatic rings. The first-order valence-corrected chi connectivity index (χ1v) is 4.82. The van der Waals surface area contributed by atoms with E-state index in [1.54, 1.807) is 0 Å². The van der Waals surface area contributed by atoms with Crippen molar-refractivity contribution >= 4 is 11.6 Å². The van der Waals surface area contributed by atoms with Gasteiger partial charge < -0.3 is 17.7 Å². The lowest BCUT2D eigenvalue weighted by Gasteiger charge is -2.08. The summed E-state index contributed by atoms with van der Waals surface area (Å²) in [5.41, 5.74) is 1.36. The van der Waals surface area contributed by atoms with Crippen LogP contribution in [0.5, 0.6) is 0 Å². The van der Waals surface area contributed by atoms with Gasteiger partial charge in [-0.15, -0.1) is 11.6 Å². The molecule has 1 nitrogen and oxygen atoms in total. The van der Waals surface area contributed by atoms with E-state index in [4.69, 9.17) is 11.6 Å². The van der Waals surface area contributed by atoms with Crippen LogP contribution in [0.4, 0.5) is 0 Å².